The first-order valence-corrected chi connectivity index (χ1v) is 8.84. The number of nitrogens with two attached hydrogens (primary N) is 1. The smallest absolute Gasteiger partial charge is 0.243 e. The van der Waals surface area contributed by atoms with Crippen LogP contribution in [0.4, 0.5) is 4.39 Å². The highest BCUT2D eigenvalue weighted by Crippen LogP contribution is 2.27. The van der Waals surface area contributed by atoms with Gasteiger partial charge in [-0.3, -0.25) is 0 Å². The van der Waals surface area contributed by atoms with Crippen molar-refractivity contribution in [2.45, 2.75) is 12.5 Å². The maximum atomic E-state index is 13.0. The number of hydrogen-bond donors (Lipinski definition) is 1. The van der Waals surface area contributed by atoms with Gasteiger partial charge in [0.25, 0.3) is 0 Å². The molecule has 2 aromatic rings. The summed E-state index contributed by atoms with van der Waals surface area (Å²) in [7, 11) is -3.10. The highest BCUT2D eigenvalue weighted by atomic mass is 79.9. The molecule has 0 bridgehead atoms. The predicted molar refractivity (Wildman–Crippen MR) is 78.6 cm³/mol. The average Bonchev–Trinajstić information content (AvgIpc) is 2.84. The van der Waals surface area contributed by atoms with Gasteiger partial charge in [-0.1, -0.05) is 5.16 Å². The van der Waals surface area contributed by atoms with Crippen molar-refractivity contribution in [3.63, 3.8) is 0 Å². The number of rotatable bonds is 5. The molecule has 1 unspecified atom stereocenters. The summed E-state index contributed by atoms with van der Waals surface area (Å²) in [5, 5.41) is 3.77. The van der Waals surface area contributed by atoms with Crippen LogP contribution in [0.5, 0.6) is 0 Å². The zero-order valence-electron chi connectivity index (χ0n) is 11.1. The van der Waals surface area contributed by atoms with Crippen molar-refractivity contribution in [2.24, 2.45) is 5.73 Å². The zero-order chi connectivity index (χ0) is 15.6. The molecular weight excluding hydrogens is 365 g/mol. The summed E-state index contributed by atoms with van der Waals surface area (Å²) < 4.78 is 40.8. The monoisotopic (exact) mass is 377 g/mol. The van der Waals surface area contributed by atoms with Crippen molar-refractivity contribution < 1.29 is 17.3 Å². The van der Waals surface area contributed by atoms with E-state index in [-0.39, 0.29) is 29.7 Å². The third-order valence-corrected chi connectivity index (χ3v) is 4.36. The summed E-state index contributed by atoms with van der Waals surface area (Å²) in [6, 6.07) is 3.41. The van der Waals surface area contributed by atoms with Gasteiger partial charge >= 0.3 is 0 Å². The van der Waals surface area contributed by atoms with Gasteiger partial charge in [0.2, 0.25) is 11.7 Å². The summed E-state index contributed by atoms with van der Waals surface area (Å²) in [5.41, 5.74) is 6.38. The van der Waals surface area contributed by atoms with Gasteiger partial charge in [0.05, 0.1) is 11.8 Å². The maximum Gasteiger partial charge on any atom is 0.243 e. The normalized spacial score (nSPS) is 13.3. The van der Waals surface area contributed by atoms with E-state index in [1.54, 1.807) is 0 Å². The van der Waals surface area contributed by atoms with Crippen LogP contribution in [-0.4, -0.2) is 30.6 Å². The summed E-state index contributed by atoms with van der Waals surface area (Å²) in [6.45, 7) is 0. The topological polar surface area (TPSA) is 99.1 Å². The van der Waals surface area contributed by atoms with Crippen LogP contribution in [0.3, 0.4) is 0 Å². The third-order valence-electron chi connectivity index (χ3n) is 2.73. The van der Waals surface area contributed by atoms with E-state index in [0.29, 0.717) is 10.0 Å². The third kappa shape index (κ3) is 4.32. The Hall–Kier alpha value is -1.32. The highest BCUT2D eigenvalue weighted by Gasteiger charge is 2.18. The Labute approximate surface area is 129 Å². The molecule has 2 N–H and O–H groups in total. The summed E-state index contributed by atoms with van der Waals surface area (Å²) in [5.74, 6) is -0.0534. The number of hydrogen-bond acceptors (Lipinski definition) is 6. The fourth-order valence-corrected chi connectivity index (χ4v) is 2.84. The molecule has 1 atom stereocenters. The van der Waals surface area contributed by atoms with E-state index in [9.17, 15) is 12.8 Å². The van der Waals surface area contributed by atoms with E-state index in [2.05, 4.69) is 26.1 Å². The van der Waals surface area contributed by atoms with Crippen LogP contribution >= 0.6 is 15.9 Å². The SMILES string of the molecule is CS(=O)(=O)CCC(N)c1nc(-c2ccc(F)cc2Br)no1. The van der Waals surface area contributed by atoms with Crippen LogP contribution in [-0.2, 0) is 9.84 Å². The minimum Gasteiger partial charge on any atom is -0.337 e. The molecule has 0 aliphatic rings. The molecule has 0 amide bonds. The number of halogens is 2. The quantitative estimate of drug-likeness (QED) is 0.855. The molecule has 1 aromatic heterocycles. The lowest BCUT2D eigenvalue weighted by molar-refractivity contribution is 0.352. The largest absolute Gasteiger partial charge is 0.337 e. The van der Waals surface area contributed by atoms with Crippen LogP contribution < -0.4 is 5.73 Å². The van der Waals surface area contributed by atoms with Crippen LogP contribution in [0.25, 0.3) is 11.4 Å². The van der Waals surface area contributed by atoms with Crippen LogP contribution in [0, 0.1) is 5.82 Å². The standard InChI is InChI=1S/C12H13BrFN3O3S/c1-21(18,19)5-4-10(15)12-16-11(17-20-12)8-3-2-7(14)6-9(8)13/h2-3,6,10H,4-5,15H2,1H3. The van der Waals surface area contributed by atoms with Crippen molar-refractivity contribution >= 4 is 25.8 Å². The molecule has 2 rings (SSSR count). The van der Waals surface area contributed by atoms with E-state index in [1.807, 2.05) is 0 Å². The highest BCUT2D eigenvalue weighted by molar-refractivity contribution is 9.10. The lowest BCUT2D eigenvalue weighted by atomic mass is 10.2. The Morgan fingerprint density at radius 2 is 2.19 bits per heavy atom. The number of aromatic nitrogens is 2. The van der Waals surface area contributed by atoms with Crippen molar-refractivity contribution in [3.05, 3.63) is 34.4 Å². The second-order valence-corrected chi connectivity index (χ2v) is 7.72. The van der Waals surface area contributed by atoms with Gasteiger partial charge in [-0.15, -0.1) is 0 Å². The Kier molecular flexibility index (Phi) is 4.74. The molecule has 1 heterocycles. The Balaban J connectivity index is 2.17. The molecule has 0 aliphatic carbocycles. The summed E-state index contributed by atoms with van der Waals surface area (Å²) >= 11 is 3.21. The average molecular weight is 378 g/mol. The van der Waals surface area contributed by atoms with Gasteiger partial charge in [0.15, 0.2) is 0 Å². The van der Waals surface area contributed by atoms with Crippen LogP contribution in [0.2, 0.25) is 0 Å². The second-order valence-electron chi connectivity index (χ2n) is 4.61. The lowest BCUT2D eigenvalue weighted by Gasteiger charge is -2.04. The number of sulfone groups is 1. The molecule has 0 spiro atoms. The van der Waals surface area contributed by atoms with E-state index >= 15 is 0 Å². The predicted octanol–water partition coefficient (Wildman–Crippen LogP) is 2.07. The minimum absolute atomic E-state index is 0.0634. The van der Waals surface area contributed by atoms with E-state index < -0.39 is 15.9 Å². The van der Waals surface area contributed by atoms with Gasteiger partial charge in [-0.05, 0) is 40.5 Å². The summed E-state index contributed by atoms with van der Waals surface area (Å²) in [4.78, 5) is 4.12. The van der Waals surface area contributed by atoms with Gasteiger partial charge < -0.3 is 10.3 Å². The van der Waals surface area contributed by atoms with Gasteiger partial charge in [0.1, 0.15) is 15.7 Å². The number of nitrogens with zero attached hydrogens (tertiary/aromatic N) is 2. The molecule has 0 saturated heterocycles. The molecule has 6 nitrogen and oxygen atoms in total. The first kappa shape index (κ1) is 16.1. The molecule has 0 radical (unpaired) electrons. The van der Waals surface area contributed by atoms with Crippen LogP contribution in [0.15, 0.2) is 27.2 Å². The molecule has 0 aliphatic heterocycles. The lowest BCUT2D eigenvalue weighted by Crippen LogP contribution is -2.16. The van der Waals surface area contributed by atoms with E-state index in [4.69, 9.17) is 10.3 Å². The molecule has 21 heavy (non-hydrogen) atoms. The fraction of sp³-hybridized carbons (Fsp3) is 0.333. The molecule has 0 fully saturated rings. The second kappa shape index (κ2) is 6.20. The molecule has 114 valence electrons. The molecule has 0 saturated carbocycles. The Morgan fingerprint density at radius 1 is 1.48 bits per heavy atom. The van der Waals surface area contributed by atoms with Gasteiger partial charge in [-0.2, -0.15) is 4.98 Å². The van der Waals surface area contributed by atoms with Crippen molar-refractivity contribution in [3.8, 4) is 11.4 Å². The van der Waals surface area contributed by atoms with Crippen molar-refractivity contribution in [1.29, 1.82) is 0 Å². The van der Waals surface area contributed by atoms with Crippen molar-refractivity contribution in [1.82, 2.24) is 10.1 Å². The van der Waals surface area contributed by atoms with Crippen molar-refractivity contribution in [2.75, 3.05) is 12.0 Å². The molecular formula is C12H13BrFN3O3S. The molecule has 1 aromatic carbocycles. The van der Waals surface area contributed by atoms with E-state index in [1.165, 1.54) is 18.2 Å². The van der Waals surface area contributed by atoms with Gasteiger partial charge in [-0.25, -0.2) is 12.8 Å². The Morgan fingerprint density at radius 3 is 2.81 bits per heavy atom. The van der Waals surface area contributed by atoms with E-state index in [0.717, 1.165) is 6.26 Å². The van der Waals surface area contributed by atoms with Crippen LogP contribution in [0.1, 0.15) is 18.4 Å². The zero-order valence-corrected chi connectivity index (χ0v) is 13.5. The number of benzene rings is 1. The Bertz CT molecular complexity index is 748. The summed E-state index contributed by atoms with van der Waals surface area (Å²) in [6.07, 6.45) is 1.32. The first-order chi connectivity index (χ1) is 9.76. The minimum atomic E-state index is -3.10. The fourth-order valence-electron chi connectivity index (χ4n) is 1.63. The molecule has 9 heteroatoms. The first-order valence-electron chi connectivity index (χ1n) is 5.98. The van der Waals surface area contributed by atoms with Gasteiger partial charge in [0, 0.05) is 16.3 Å². The maximum absolute atomic E-state index is 13.0.